The first-order valence-electron chi connectivity index (χ1n) is 7.08. The molecule has 0 amide bonds. The van der Waals surface area contributed by atoms with Crippen LogP contribution in [0.15, 0.2) is 12.1 Å². The smallest absolute Gasteiger partial charge is 0.143 e. The standard InChI is InChI=1S/C16H22N2O/c1-10-7-13-11(2)15(12-5-4-6-17-9-12)18-16(13)14(8-10)19-3/h7-8,12,17-18H,4-6,9H2,1-3H3. The Morgan fingerprint density at radius 2 is 2.11 bits per heavy atom. The fourth-order valence-corrected chi connectivity index (χ4v) is 3.22. The number of hydrogen-bond donors (Lipinski definition) is 2. The molecule has 1 aromatic heterocycles. The number of fused-ring (bicyclic) bond motifs is 1. The summed E-state index contributed by atoms with van der Waals surface area (Å²) < 4.78 is 5.52. The van der Waals surface area contributed by atoms with Crippen molar-refractivity contribution >= 4 is 10.9 Å². The van der Waals surface area contributed by atoms with Crippen LogP contribution in [0.25, 0.3) is 10.9 Å². The third-order valence-electron chi connectivity index (χ3n) is 4.24. The van der Waals surface area contributed by atoms with Gasteiger partial charge >= 0.3 is 0 Å². The molecule has 1 atom stereocenters. The van der Waals surface area contributed by atoms with Crippen LogP contribution in [-0.4, -0.2) is 25.2 Å². The molecule has 0 aliphatic carbocycles. The van der Waals surface area contributed by atoms with Crippen molar-refractivity contribution in [3.05, 3.63) is 29.0 Å². The van der Waals surface area contributed by atoms with E-state index in [1.165, 1.54) is 35.0 Å². The number of hydrogen-bond acceptors (Lipinski definition) is 2. The molecule has 3 rings (SSSR count). The molecule has 1 aliphatic rings. The van der Waals surface area contributed by atoms with Gasteiger partial charge in [-0.25, -0.2) is 0 Å². The molecular formula is C16H22N2O. The number of benzene rings is 1. The van der Waals surface area contributed by atoms with E-state index in [9.17, 15) is 0 Å². The van der Waals surface area contributed by atoms with Crippen molar-refractivity contribution in [1.29, 1.82) is 0 Å². The first-order chi connectivity index (χ1) is 9.20. The maximum absolute atomic E-state index is 5.52. The minimum absolute atomic E-state index is 0.603. The summed E-state index contributed by atoms with van der Waals surface area (Å²) in [5.74, 6) is 1.55. The van der Waals surface area contributed by atoms with Gasteiger partial charge in [-0.15, -0.1) is 0 Å². The van der Waals surface area contributed by atoms with Crippen molar-refractivity contribution in [2.24, 2.45) is 0 Å². The van der Waals surface area contributed by atoms with Crippen LogP contribution in [0, 0.1) is 13.8 Å². The molecule has 3 nitrogen and oxygen atoms in total. The van der Waals surface area contributed by atoms with Crippen LogP contribution in [0.1, 0.15) is 35.6 Å². The second-order valence-corrected chi connectivity index (χ2v) is 5.60. The Hall–Kier alpha value is -1.48. The van der Waals surface area contributed by atoms with Crippen LogP contribution >= 0.6 is 0 Å². The number of piperidine rings is 1. The van der Waals surface area contributed by atoms with Crippen molar-refractivity contribution in [3.8, 4) is 5.75 Å². The van der Waals surface area contributed by atoms with Crippen molar-refractivity contribution < 1.29 is 4.74 Å². The molecule has 3 heteroatoms. The van der Waals surface area contributed by atoms with Crippen molar-refractivity contribution in [2.45, 2.75) is 32.6 Å². The Balaban J connectivity index is 2.13. The van der Waals surface area contributed by atoms with Gasteiger partial charge in [0.05, 0.1) is 12.6 Å². The molecule has 2 N–H and O–H groups in total. The number of nitrogens with one attached hydrogen (secondary N) is 2. The van der Waals surface area contributed by atoms with E-state index >= 15 is 0 Å². The summed E-state index contributed by atoms with van der Waals surface area (Å²) in [4.78, 5) is 3.62. The number of methoxy groups -OCH3 is 1. The first kappa shape index (κ1) is 12.5. The zero-order valence-electron chi connectivity index (χ0n) is 12.0. The van der Waals surface area contributed by atoms with Crippen molar-refractivity contribution in [3.63, 3.8) is 0 Å². The van der Waals surface area contributed by atoms with Gasteiger partial charge in [0.15, 0.2) is 0 Å². The van der Waals surface area contributed by atoms with Gasteiger partial charge in [0.25, 0.3) is 0 Å². The maximum atomic E-state index is 5.52. The average Bonchev–Trinajstić information content (AvgIpc) is 2.76. The molecule has 0 bridgehead atoms. The normalized spacial score (nSPS) is 19.8. The quantitative estimate of drug-likeness (QED) is 0.867. The zero-order valence-corrected chi connectivity index (χ0v) is 12.0. The summed E-state index contributed by atoms with van der Waals surface area (Å²) in [5.41, 5.74) is 5.16. The second-order valence-electron chi connectivity index (χ2n) is 5.60. The zero-order chi connectivity index (χ0) is 13.4. The third kappa shape index (κ3) is 2.12. The average molecular weight is 258 g/mol. The minimum atomic E-state index is 0.603. The summed E-state index contributed by atoms with van der Waals surface area (Å²) >= 11 is 0. The van der Waals surface area contributed by atoms with Crippen LogP contribution in [0.4, 0.5) is 0 Å². The lowest BCUT2D eigenvalue weighted by atomic mass is 9.93. The highest BCUT2D eigenvalue weighted by Gasteiger charge is 2.21. The van der Waals surface area contributed by atoms with Gasteiger partial charge in [-0.05, 0) is 56.5 Å². The highest BCUT2D eigenvalue weighted by molar-refractivity contribution is 5.90. The van der Waals surface area contributed by atoms with Crippen molar-refractivity contribution in [2.75, 3.05) is 20.2 Å². The highest BCUT2D eigenvalue weighted by Crippen LogP contribution is 2.35. The maximum Gasteiger partial charge on any atom is 0.143 e. The lowest BCUT2D eigenvalue weighted by Gasteiger charge is -2.22. The topological polar surface area (TPSA) is 37.0 Å². The molecule has 2 heterocycles. The fraction of sp³-hybridized carbons (Fsp3) is 0.500. The largest absolute Gasteiger partial charge is 0.495 e. The summed E-state index contributed by atoms with van der Waals surface area (Å²) in [6.45, 7) is 6.57. The predicted molar refractivity (Wildman–Crippen MR) is 79.2 cm³/mol. The van der Waals surface area contributed by atoms with E-state index in [1.807, 2.05) is 0 Å². The summed E-state index contributed by atoms with van der Waals surface area (Å²) in [6, 6.07) is 4.35. The number of aryl methyl sites for hydroxylation is 2. The van der Waals surface area contributed by atoms with Gasteiger partial charge in [-0.2, -0.15) is 0 Å². The summed E-state index contributed by atoms with van der Waals surface area (Å²) in [5, 5.41) is 4.80. The number of ether oxygens (including phenoxy) is 1. The van der Waals surface area contributed by atoms with E-state index in [2.05, 4.69) is 36.3 Å². The third-order valence-corrected chi connectivity index (χ3v) is 4.24. The van der Waals surface area contributed by atoms with E-state index in [0.717, 1.165) is 24.4 Å². The van der Waals surface area contributed by atoms with Crippen LogP contribution in [0.3, 0.4) is 0 Å². The molecule has 1 fully saturated rings. The van der Waals surface area contributed by atoms with Gasteiger partial charge in [0.1, 0.15) is 5.75 Å². The van der Waals surface area contributed by atoms with E-state index in [-0.39, 0.29) is 0 Å². The van der Waals surface area contributed by atoms with E-state index < -0.39 is 0 Å². The van der Waals surface area contributed by atoms with Crippen molar-refractivity contribution in [1.82, 2.24) is 10.3 Å². The fourth-order valence-electron chi connectivity index (χ4n) is 3.22. The summed E-state index contributed by atoms with van der Waals surface area (Å²) in [7, 11) is 1.74. The lowest BCUT2D eigenvalue weighted by molar-refractivity contribution is 0.418. The molecular weight excluding hydrogens is 236 g/mol. The van der Waals surface area contributed by atoms with Gasteiger partial charge in [-0.1, -0.05) is 0 Å². The monoisotopic (exact) mass is 258 g/mol. The van der Waals surface area contributed by atoms with E-state index in [0.29, 0.717) is 5.92 Å². The molecule has 1 saturated heterocycles. The lowest BCUT2D eigenvalue weighted by Crippen LogP contribution is -2.28. The van der Waals surface area contributed by atoms with Crippen LogP contribution in [-0.2, 0) is 0 Å². The van der Waals surface area contributed by atoms with Gasteiger partial charge in [-0.3, -0.25) is 0 Å². The van der Waals surface area contributed by atoms with E-state index in [4.69, 9.17) is 4.74 Å². The number of aromatic amines is 1. The van der Waals surface area contributed by atoms with E-state index in [1.54, 1.807) is 7.11 Å². The predicted octanol–water partition coefficient (Wildman–Crippen LogP) is 3.26. The minimum Gasteiger partial charge on any atom is -0.495 e. The number of H-pyrrole nitrogens is 1. The van der Waals surface area contributed by atoms with Crippen LogP contribution in [0.2, 0.25) is 0 Å². The molecule has 19 heavy (non-hydrogen) atoms. The Morgan fingerprint density at radius 3 is 2.79 bits per heavy atom. The number of aromatic nitrogens is 1. The SMILES string of the molecule is COc1cc(C)cc2c(C)c(C3CCCNC3)[nH]c12. The molecule has 0 radical (unpaired) electrons. The van der Waals surface area contributed by atoms with Crippen LogP contribution < -0.4 is 10.1 Å². The molecule has 0 spiro atoms. The van der Waals surface area contributed by atoms with Crippen LogP contribution in [0.5, 0.6) is 5.75 Å². The molecule has 1 unspecified atom stereocenters. The highest BCUT2D eigenvalue weighted by atomic mass is 16.5. The van der Waals surface area contributed by atoms with Gasteiger partial charge < -0.3 is 15.0 Å². The molecule has 1 aromatic carbocycles. The second kappa shape index (κ2) is 4.89. The van der Waals surface area contributed by atoms with Gasteiger partial charge in [0, 0.05) is 23.5 Å². The Kier molecular flexibility index (Phi) is 3.23. The first-order valence-corrected chi connectivity index (χ1v) is 7.08. The van der Waals surface area contributed by atoms with Gasteiger partial charge in [0.2, 0.25) is 0 Å². The number of rotatable bonds is 2. The summed E-state index contributed by atoms with van der Waals surface area (Å²) in [6.07, 6.45) is 2.53. The molecule has 1 aliphatic heterocycles. The Labute approximate surface area is 114 Å². The molecule has 2 aromatic rings. The molecule has 102 valence electrons. The molecule has 0 saturated carbocycles. The Bertz CT molecular complexity index is 594. The Morgan fingerprint density at radius 1 is 1.26 bits per heavy atom.